The van der Waals surface area contributed by atoms with E-state index in [2.05, 4.69) is 4.99 Å². The minimum absolute atomic E-state index is 0.0709. The molecule has 126 valence electrons. The van der Waals surface area contributed by atoms with Crippen molar-refractivity contribution in [2.45, 2.75) is 0 Å². The van der Waals surface area contributed by atoms with Crippen molar-refractivity contribution in [2.75, 3.05) is 7.11 Å². The highest BCUT2D eigenvalue weighted by atomic mass is 35.5. The Hall–Kier alpha value is -3.19. The number of nitro groups is 1. The summed E-state index contributed by atoms with van der Waals surface area (Å²) in [6, 6.07) is 10.8. The van der Waals surface area contributed by atoms with Crippen LogP contribution in [0.4, 0.5) is 5.69 Å². The second-order valence-electron chi connectivity index (χ2n) is 5.03. The monoisotopic (exact) mass is 358 g/mol. The van der Waals surface area contributed by atoms with Crippen LogP contribution >= 0.6 is 11.6 Å². The molecule has 0 saturated carbocycles. The third-order valence-electron chi connectivity index (χ3n) is 3.43. The van der Waals surface area contributed by atoms with Crippen LogP contribution < -0.4 is 4.74 Å². The largest absolute Gasteiger partial charge is 0.497 e. The van der Waals surface area contributed by atoms with Crippen LogP contribution in [0.15, 0.2) is 53.2 Å². The summed E-state index contributed by atoms with van der Waals surface area (Å²) in [6.07, 6.45) is 1.54. The predicted octanol–water partition coefficient (Wildman–Crippen LogP) is 3.60. The second kappa shape index (κ2) is 6.74. The molecule has 1 aliphatic heterocycles. The lowest BCUT2D eigenvalue weighted by Gasteiger charge is -2.02. The molecule has 0 spiro atoms. The number of halogens is 1. The molecule has 0 aromatic heterocycles. The molecule has 0 amide bonds. The van der Waals surface area contributed by atoms with Crippen molar-refractivity contribution >= 4 is 35.2 Å². The number of hydrogen-bond acceptors (Lipinski definition) is 6. The van der Waals surface area contributed by atoms with Crippen LogP contribution in [0.1, 0.15) is 11.1 Å². The number of ether oxygens (including phenoxy) is 2. The molecule has 7 nitrogen and oxygen atoms in total. The topological polar surface area (TPSA) is 91.0 Å². The summed E-state index contributed by atoms with van der Waals surface area (Å²) in [5.74, 6) is -0.0458. The molecule has 0 saturated heterocycles. The number of rotatable bonds is 4. The number of esters is 1. The molecule has 2 aromatic carbocycles. The van der Waals surface area contributed by atoms with Gasteiger partial charge in [0.1, 0.15) is 5.75 Å². The van der Waals surface area contributed by atoms with E-state index < -0.39 is 10.9 Å². The summed E-state index contributed by atoms with van der Waals surface area (Å²) in [5, 5.41) is 11.1. The third kappa shape index (κ3) is 3.51. The number of hydrogen-bond donors (Lipinski definition) is 0. The fourth-order valence-electron chi connectivity index (χ4n) is 2.17. The van der Waals surface area contributed by atoms with Gasteiger partial charge in [-0.15, -0.1) is 0 Å². The summed E-state index contributed by atoms with van der Waals surface area (Å²) in [6.45, 7) is 0. The first-order valence-electron chi connectivity index (χ1n) is 7.09. The molecule has 0 bridgehead atoms. The van der Waals surface area contributed by atoms with Gasteiger partial charge in [0.2, 0.25) is 5.90 Å². The molecule has 8 heteroatoms. The third-order valence-corrected chi connectivity index (χ3v) is 3.76. The maximum atomic E-state index is 12.0. The van der Waals surface area contributed by atoms with E-state index >= 15 is 0 Å². The molecule has 1 aliphatic rings. The first kappa shape index (κ1) is 16.7. The van der Waals surface area contributed by atoms with Crippen LogP contribution in [0.25, 0.3) is 6.08 Å². The molecule has 2 aromatic rings. The lowest BCUT2D eigenvalue weighted by Crippen LogP contribution is -2.06. The Bertz CT molecular complexity index is 919. The summed E-state index contributed by atoms with van der Waals surface area (Å²) in [4.78, 5) is 26.4. The van der Waals surface area contributed by atoms with E-state index in [1.165, 1.54) is 18.2 Å². The zero-order valence-corrected chi connectivity index (χ0v) is 13.7. The minimum atomic E-state index is -0.659. The van der Waals surface area contributed by atoms with Gasteiger partial charge in [-0.2, -0.15) is 0 Å². The van der Waals surface area contributed by atoms with Crippen molar-refractivity contribution in [3.63, 3.8) is 0 Å². The van der Waals surface area contributed by atoms with Crippen LogP contribution in [-0.2, 0) is 9.53 Å². The van der Waals surface area contributed by atoms with Crippen LogP contribution in [0.2, 0.25) is 5.02 Å². The Labute approximate surface area is 147 Å². The number of cyclic esters (lactones) is 1. The Kier molecular flexibility index (Phi) is 4.49. The van der Waals surface area contributed by atoms with Gasteiger partial charge in [0.05, 0.1) is 22.6 Å². The summed E-state index contributed by atoms with van der Waals surface area (Å²) < 4.78 is 10.2. The number of nitrogens with zero attached hydrogens (tertiary/aromatic N) is 2. The van der Waals surface area contributed by atoms with Crippen LogP contribution in [0.3, 0.4) is 0 Å². The summed E-state index contributed by atoms with van der Waals surface area (Å²) in [5.41, 5.74) is 0.804. The first-order valence-corrected chi connectivity index (χ1v) is 7.46. The van der Waals surface area contributed by atoms with E-state index in [0.717, 1.165) is 5.56 Å². The molecule has 25 heavy (non-hydrogen) atoms. The van der Waals surface area contributed by atoms with Crippen LogP contribution in [0, 0.1) is 10.1 Å². The molecule has 0 aliphatic carbocycles. The molecule has 1 heterocycles. The molecule has 0 atom stereocenters. The van der Waals surface area contributed by atoms with E-state index in [0.29, 0.717) is 5.75 Å². The fourth-order valence-corrected chi connectivity index (χ4v) is 2.37. The van der Waals surface area contributed by atoms with Crippen molar-refractivity contribution in [1.29, 1.82) is 0 Å². The number of benzene rings is 2. The van der Waals surface area contributed by atoms with E-state index in [9.17, 15) is 14.9 Å². The molecule has 0 fully saturated rings. The van der Waals surface area contributed by atoms with Crippen molar-refractivity contribution in [2.24, 2.45) is 4.99 Å². The highest BCUT2D eigenvalue weighted by Crippen LogP contribution is 2.27. The number of carbonyl (C=O) groups is 1. The van der Waals surface area contributed by atoms with Crippen LogP contribution in [0.5, 0.6) is 5.75 Å². The van der Waals surface area contributed by atoms with Gasteiger partial charge in [-0.25, -0.2) is 9.79 Å². The van der Waals surface area contributed by atoms with E-state index in [1.54, 1.807) is 37.5 Å². The summed E-state index contributed by atoms with van der Waals surface area (Å²) >= 11 is 6.04. The maximum absolute atomic E-state index is 12.0. The molecule has 0 N–H and O–H groups in total. The van der Waals surface area contributed by atoms with Gasteiger partial charge in [0.15, 0.2) is 5.70 Å². The maximum Gasteiger partial charge on any atom is 0.363 e. The Morgan fingerprint density at radius 3 is 2.60 bits per heavy atom. The number of methoxy groups -OCH3 is 1. The van der Waals surface area contributed by atoms with Gasteiger partial charge < -0.3 is 9.47 Å². The normalized spacial score (nSPS) is 15.0. The lowest BCUT2D eigenvalue weighted by atomic mass is 10.2. The van der Waals surface area contributed by atoms with Gasteiger partial charge in [0, 0.05) is 12.1 Å². The van der Waals surface area contributed by atoms with Crippen molar-refractivity contribution in [3.8, 4) is 5.75 Å². The predicted molar refractivity (Wildman–Crippen MR) is 91.7 cm³/mol. The van der Waals surface area contributed by atoms with E-state index in [-0.39, 0.29) is 27.9 Å². The summed E-state index contributed by atoms with van der Waals surface area (Å²) in [7, 11) is 1.56. The quantitative estimate of drug-likeness (QED) is 0.360. The SMILES string of the molecule is COc1ccc(/C=C2/N=C(c3cc([N+](=O)[O-])ccc3Cl)OC2=O)cc1. The smallest absolute Gasteiger partial charge is 0.363 e. The molecular formula is C17H11ClN2O5. The average Bonchev–Trinajstić information content (AvgIpc) is 2.96. The minimum Gasteiger partial charge on any atom is -0.497 e. The van der Waals surface area contributed by atoms with Gasteiger partial charge in [-0.1, -0.05) is 23.7 Å². The van der Waals surface area contributed by atoms with Gasteiger partial charge in [0.25, 0.3) is 5.69 Å². The van der Waals surface area contributed by atoms with Gasteiger partial charge in [-0.05, 0) is 29.8 Å². The highest BCUT2D eigenvalue weighted by Gasteiger charge is 2.27. The van der Waals surface area contributed by atoms with E-state index in [4.69, 9.17) is 21.1 Å². The zero-order chi connectivity index (χ0) is 18.0. The van der Waals surface area contributed by atoms with Gasteiger partial charge >= 0.3 is 5.97 Å². The molecule has 0 radical (unpaired) electrons. The molecule has 3 rings (SSSR count). The number of non-ortho nitro benzene ring substituents is 1. The Morgan fingerprint density at radius 2 is 1.96 bits per heavy atom. The zero-order valence-electron chi connectivity index (χ0n) is 12.9. The lowest BCUT2D eigenvalue weighted by molar-refractivity contribution is -0.384. The Morgan fingerprint density at radius 1 is 1.24 bits per heavy atom. The number of carbonyl (C=O) groups excluding carboxylic acids is 1. The van der Waals surface area contributed by atoms with Crippen molar-refractivity contribution < 1.29 is 19.2 Å². The standard InChI is InChI=1S/C17H11ClN2O5/c1-24-12-5-2-10(3-6-12)8-15-17(21)25-16(19-15)13-9-11(20(22)23)4-7-14(13)18/h2-9H,1H3/b15-8+. The Balaban J connectivity index is 1.96. The average molecular weight is 359 g/mol. The van der Waals surface area contributed by atoms with Crippen LogP contribution in [-0.4, -0.2) is 23.9 Å². The van der Waals surface area contributed by atoms with Crippen molar-refractivity contribution in [3.05, 3.63) is 74.4 Å². The molecular weight excluding hydrogens is 348 g/mol. The van der Waals surface area contributed by atoms with Crippen molar-refractivity contribution in [1.82, 2.24) is 0 Å². The number of nitro benzene ring substituents is 1. The molecule has 0 unspecified atom stereocenters. The first-order chi connectivity index (χ1) is 12.0. The van der Waals surface area contributed by atoms with Gasteiger partial charge in [-0.3, -0.25) is 10.1 Å². The number of aliphatic imine (C=N–C) groups is 1. The highest BCUT2D eigenvalue weighted by molar-refractivity contribution is 6.34. The van der Waals surface area contributed by atoms with E-state index in [1.807, 2.05) is 0 Å². The second-order valence-corrected chi connectivity index (χ2v) is 5.44. The fraction of sp³-hybridized carbons (Fsp3) is 0.0588.